The van der Waals surface area contributed by atoms with Gasteiger partial charge < -0.3 is 19.9 Å². The lowest BCUT2D eigenvalue weighted by Crippen LogP contribution is -2.09. The molecular formula is C28H25FN4O4. The lowest BCUT2D eigenvalue weighted by Gasteiger charge is -2.14. The van der Waals surface area contributed by atoms with Crippen LogP contribution in [-0.2, 0) is 6.54 Å². The van der Waals surface area contributed by atoms with Crippen molar-refractivity contribution in [2.75, 3.05) is 19.5 Å². The van der Waals surface area contributed by atoms with Gasteiger partial charge in [0.2, 0.25) is 5.95 Å². The number of carbonyl (C=O) groups is 1. The van der Waals surface area contributed by atoms with Gasteiger partial charge in [0.25, 0.3) is 0 Å². The van der Waals surface area contributed by atoms with Crippen molar-refractivity contribution in [3.8, 4) is 22.8 Å². The third kappa shape index (κ3) is 4.84. The summed E-state index contributed by atoms with van der Waals surface area (Å²) in [6.07, 6.45) is 1.64. The van der Waals surface area contributed by atoms with Gasteiger partial charge in [0.05, 0.1) is 37.7 Å². The van der Waals surface area contributed by atoms with Crippen molar-refractivity contribution >= 4 is 23.3 Å². The van der Waals surface area contributed by atoms with Crippen LogP contribution in [0.5, 0.6) is 11.5 Å². The third-order valence-electron chi connectivity index (χ3n) is 5.82. The van der Waals surface area contributed by atoms with E-state index in [9.17, 15) is 14.3 Å². The van der Waals surface area contributed by atoms with Crippen molar-refractivity contribution < 1.29 is 23.8 Å². The van der Waals surface area contributed by atoms with Gasteiger partial charge in [0, 0.05) is 40.2 Å². The number of carboxylic acids is 1. The van der Waals surface area contributed by atoms with Crippen LogP contribution in [0.1, 0.15) is 34.5 Å². The number of hydrogen-bond donors (Lipinski definition) is 2. The predicted molar refractivity (Wildman–Crippen MR) is 140 cm³/mol. The van der Waals surface area contributed by atoms with E-state index in [-0.39, 0.29) is 19.5 Å². The van der Waals surface area contributed by atoms with E-state index in [1.165, 1.54) is 18.2 Å². The van der Waals surface area contributed by atoms with E-state index in [0.29, 0.717) is 56.8 Å². The van der Waals surface area contributed by atoms with Crippen LogP contribution in [0.15, 0.2) is 71.9 Å². The van der Waals surface area contributed by atoms with Gasteiger partial charge in [-0.05, 0) is 36.4 Å². The number of hydrogen-bond acceptors (Lipinski definition) is 7. The average Bonchev–Trinajstić information content (AvgIpc) is 3.05. The molecule has 4 aromatic rings. The average molecular weight is 501 g/mol. The number of aromatic nitrogens is 2. The molecule has 0 atom stereocenters. The number of aromatic carboxylic acids is 1. The van der Waals surface area contributed by atoms with Crippen molar-refractivity contribution in [1.82, 2.24) is 9.97 Å². The van der Waals surface area contributed by atoms with Gasteiger partial charge in [-0.25, -0.2) is 19.2 Å². The summed E-state index contributed by atoms with van der Waals surface area (Å²) < 4.78 is 25.4. The first-order valence-corrected chi connectivity index (χ1v) is 11.0. The smallest absolute Gasteiger partial charge is 0.335 e. The van der Waals surface area contributed by atoms with Crippen molar-refractivity contribution in [3.63, 3.8) is 0 Å². The fourth-order valence-electron chi connectivity index (χ4n) is 4.07. The number of nitrogens with zero attached hydrogens (tertiary/aromatic N) is 3. The van der Waals surface area contributed by atoms with Gasteiger partial charge in [-0.1, -0.05) is 25.6 Å². The highest BCUT2D eigenvalue weighted by atomic mass is 19.1. The van der Waals surface area contributed by atoms with Gasteiger partial charge >= 0.3 is 5.97 Å². The van der Waals surface area contributed by atoms with Crippen LogP contribution in [0.4, 0.5) is 16.0 Å². The van der Waals surface area contributed by atoms with Gasteiger partial charge in [-0.15, -0.1) is 0 Å². The number of anilines is 2. The normalized spacial score (nSPS) is 11.7. The number of rotatable bonds is 6. The van der Waals surface area contributed by atoms with Crippen LogP contribution in [-0.4, -0.2) is 41.0 Å². The Bertz CT molecular complexity index is 1520. The van der Waals surface area contributed by atoms with Gasteiger partial charge in [0.1, 0.15) is 5.82 Å². The molecule has 0 saturated carbocycles. The van der Waals surface area contributed by atoms with E-state index in [4.69, 9.17) is 14.5 Å². The summed E-state index contributed by atoms with van der Waals surface area (Å²) in [5.41, 5.74) is 3.82. The first-order valence-electron chi connectivity index (χ1n) is 11.0. The number of fused-ring (bicyclic) bond motifs is 3. The summed E-state index contributed by atoms with van der Waals surface area (Å²) in [5, 5.41) is 12.8. The van der Waals surface area contributed by atoms with E-state index in [1.807, 2.05) is 0 Å². The number of carboxylic acid groups (broad SMARTS) is 1. The molecule has 5 rings (SSSR count). The van der Waals surface area contributed by atoms with Crippen molar-refractivity contribution in [1.29, 1.82) is 0 Å². The zero-order valence-electron chi connectivity index (χ0n) is 19.4. The quantitative estimate of drug-likeness (QED) is 0.348. The lowest BCUT2D eigenvalue weighted by molar-refractivity contribution is 0.0697. The molecule has 2 N–H and O–H groups in total. The van der Waals surface area contributed by atoms with Gasteiger partial charge in [-0.3, -0.25) is 4.99 Å². The number of aliphatic imine (C=N–C) groups is 1. The Hall–Kier alpha value is -4.79. The third-order valence-corrected chi connectivity index (χ3v) is 5.82. The van der Waals surface area contributed by atoms with Gasteiger partial charge in [-0.2, -0.15) is 0 Å². The van der Waals surface area contributed by atoms with Crippen molar-refractivity contribution in [2.45, 2.75) is 14.0 Å². The second kappa shape index (κ2) is 10.4. The summed E-state index contributed by atoms with van der Waals surface area (Å²) in [4.78, 5) is 25.5. The van der Waals surface area contributed by atoms with E-state index in [2.05, 4.69) is 15.3 Å². The monoisotopic (exact) mass is 500 g/mol. The number of ether oxygens (including phenoxy) is 2. The molecule has 0 spiro atoms. The highest BCUT2D eigenvalue weighted by Crippen LogP contribution is 2.34. The number of nitrogens with one attached hydrogen (secondary N) is 1. The Morgan fingerprint density at radius 2 is 1.76 bits per heavy atom. The lowest BCUT2D eigenvalue weighted by atomic mass is 9.93. The van der Waals surface area contributed by atoms with E-state index < -0.39 is 11.8 Å². The summed E-state index contributed by atoms with van der Waals surface area (Å²) in [6, 6.07) is 16.3. The molecule has 1 aromatic heterocycles. The second-order valence-corrected chi connectivity index (χ2v) is 7.97. The maximum atomic E-state index is 14.7. The molecule has 0 aliphatic carbocycles. The van der Waals surface area contributed by atoms with Crippen molar-refractivity contribution in [3.05, 3.63) is 94.9 Å². The van der Waals surface area contributed by atoms with Crippen LogP contribution < -0.4 is 14.8 Å². The molecule has 188 valence electrons. The maximum absolute atomic E-state index is 14.7. The van der Waals surface area contributed by atoms with Crippen LogP contribution in [0.3, 0.4) is 0 Å². The number of benzene rings is 3. The van der Waals surface area contributed by atoms with Crippen LogP contribution in [0.2, 0.25) is 0 Å². The molecule has 0 unspecified atom stereocenters. The molecule has 2 heterocycles. The molecule has 0 amide bonds. The Balaban J connectivity index is 0.00000320. The minimum absolute atomic E-state index is 0. The minimum Gasteiger partial charge on any atom is -0.493 e. The molecule has 9 heteroatoms. The summed E-state index contributed by atoms with van der Waals surface area (Å²) in [6.45, 7) is 0.201. The molecule has 0 radical (unpaired) electrons. The Kier molecular flexibility index (Phi) is 7.15. The zero-order chi connectivity index (χ0) is 25.2. The molecule has 0 fully saturated rings. The fourth-order valence-corrected chi connectivity index (χ4v) is 4.07. The van der Waals surface area contributed by atoms with Crippen LogP contribution >= 0.6 is 0 Å². The highest BCUT2D eigenvalue weighted by molar-refractivity contribution is 6.17. The molecule has 3 aromatic carbocycles. The van der Waals surface area contributed by atoms with Crippen LogP contribution in [0.25, 0.3) is 11.3 Å². The molecule has 0 bridgehead atoms. The first-order chi connectivity index (χ1) is 17.5. The summed E-state index contributed by atoms with van der Waals surface area (Å²) in [7, 11) is 3.10. The Morgan fingerprint density at radius 3 is 2.49 bits per heavy atom. The molecule has 8 nitrogen and oxygen atoms in total. The summed E-state index contributed by atoms with van der Waals surface area (Å²) in [5.74, 6) is -0.0828. The molecule has 1 aliphatic heterocycles. The first kappa shape index (κ1) is 25.3. The zero-order valence-corrected chi connectivity index (χ0v) is 19.4. The predicted octanol–water partition coefficient (Wildman–Crippen LogP) is 5.73. The molecule has 1 aliphatic rings. The van der Waals surface area contributed by atoms with E-state index >= 15 is 0 Å². The Labute approximate surface area is 213 Å². The topological polar surface area (TPSA) is 106 Å². The van der Waals surface area contributed by atoms with E-state index in [1.54, 1.807) is 62.9 Å². The highest BCUT2D eigenvalue weighted by Gasteiger charge is 2.24. The largest absolute Gasteiger partial charge is 0.493 e. The number of methoxy groups -OCH3 is 2. The van der Waals surface area contributed by atoms with E-state index in [0.717, 1.165) is 0 Å². The fraction of sp³-hybridized carbons (Fsp3) is 0.143. The number of halogens is 1. The van der Waals surface area contributed by atoms with Gasteiger partial charge in [0.15, 0.2) is 11.5 Å². The Morgan fingerprint density at radius 1 is 0.973 bits per heavy atom. The molecular weight excluding hydrogens is 475 g/mol. The molecule has 0 saturated heterocycles. The second-order valence-electron chi connectivity index (χ2n) is 7.97. The van der Waals surface area contributed by atoms with Crippen LogP contribution in [0, 0.1) is 5.82 Å². The standard InChI is InChI=1S/C27H21FN4O4.CH4/c1-35-22-10-8-17(12-23(22)36-2)31-27-30-14-16-13-29-25(19-5-3-4-6-21(19)28)18-9-7-15(26(33)34)11-20(18)24(16)32-27;/h3-12,14H,13H2,1-2H3,(H,33,34)(H,30,31,32);1H4. The van der Waals surface area contributed by atoms with Crippen molar-refractivity contribution in [2.24, 2.45) is 4.99 Å². The molecule has 37 heavy (non-hydrogen) atoms. The minimum atomic E-state index is -1.08. The summed E-state index contributed by atoms with van der Waals surface area (Å²) >= 11 is 0. The SMILES string of the molecule is C.COc1ccc(Nc2ncc3c(n2)-c2cc(C(=O)O)ccc2C(c2ccccc2F)=NC3)cc1OC. The maximum Gasteiger partial charge on any atom is 0.335 e.